The van der Waals surface area contributed by atoms with Crippen molar-refractivity contribution in [3.8, 4) is 0 Å². The monoisotopic (exact) mass is 258 g/mol. The summed E-state index contributed by atoms with van der Waals surface area (Å²) in [7, 11) is 0. The predicted octanol–water partition coefficient (Wildman–Crippen LogP) is 3.01. The van der Waals surface area contributed by atoms with Gasteiger partial charge in [-0.3, -0.25) is 4.79 Å². The van der Waals surface area contributed by atoms with Crippen LogP contribution in [-0.2, 0) is 0 Å². The average Bonchev–Trinajstić information content (AvgIpc) is 2.30. The Kier molecular flexibility index (Phi) is 3.66. The summed E-state index contributed by atoms with van der Waals surface area (Å²) in [5.41, 5.74) is 0.327. The molecule has 2 rings (SSSR count). The summed E-state index contributed by atoms with van der Waals surface area (Å²) >= 11 is 11.9. The van der Waals surface area contributed by atoms with Gasteiger partial charge >= 0.3 is 0 Å². The molecule has 0 radical (unpaired) electrons. The number of hydrogen-bond acceptors (Lipinski definition) is 2. The van der Waals surface area contributed by atoms with E-state index in [-0.39, 0.29) is 11.1 Å². The van der Waals surface area contributed by atoms with Crippen LogP contribution in [0.5, 0.6) is 0 Å². The molecule has 0 N–H and O–H groups in total. The van der Waals surface area contributed by atoms with Crippen LogP contribution in [0.25, 0.3) is 0 Å². The first kappa shape index (κ1) is 11.7. The molecule has 0 spiro atoms. The summed E-state index contributed by atoms with van der Waals surface area (Å²) in [6, 6.07) is 1.59. The van der Waals surface area contributed by atoms with Crippen molar-refractivity contribution in [1.82, 2.24) is 9.88 Å². The summed E-state index contributed by atoms with van der Waals surface area (Å²) in [6.45, 7) is 1.56. The molecule has 86 valence electrons. The van der Waals surface area contributed by atoms with E-state index in [1.807, 2.05) is 0 Å². The standard InChI is InChI=1S/C11H12Cl2N2O/c12-8-4-5-14-10(13)9(8)11(16)15-6-2-1-3-7-15/h4-5H,1-3,6-7H2. The third kappa shape index (κ3) is 2.30. The normalized spacial score (nSPS) is 16.2. The highest BCUT2D eigenvalue weighted by Gasteiger charge is 2.23. The topological polar surface area (TPSA) is 33.2 Å². The van der Waals surface area contributed by atoms with E-state index < -0.39 is 0 Å². The molecule has 1 fully saturated rings. The summed E-state index contributed by atoms with van der Waals surface area (Å²) in [6.07, 6.45) is 4.76. The maximum absolute atomic E-state index is 12.2. The molecule has 0 bridgehead atoms. The van der Waals surface area contributed by atoms with Gasteiger partial charge in [0.25, 0.3) is 5.91 Å². The zero-order chi connectivity index (χ0) is 11.5. The highest BCUT2D eigenvalue weighted by molar-refractivity contribution is 6.38. The van der Waals surface area contributed by atoms with Gasteiger partial charge in [-0.05, 0) is 25.3 Å². The quantitative estimate of drug-likeness (QED) is 0.726. The number of likely N-dealkylation sites (tertiary alicyclic amines) is 1. The first-order chi connectivity index (χ1) is 7.70. The summed E-state index contributed by atoms with van der Waals surface area (Å²) in [5.74, 6) is -0.109. The van der Waals surface area contributed by atoms with Crippen molar-refractivity contribution >= 4 is 29.1 Å². The van der Waals surface area contributed by atoms with Crippen LogP contribution in [0, 0.1) is 0 Å². The SMILES string of the molecule is O=C(c1c(Cl)ccnc1Cl)N1CCCCC1. The Morgan fingerprint density at radius 2 is 1.94 bits per heavy atom. The molecule has 1 aliphatic heterocycles. The average molecular weight is 259 g/mol. The molecule has 3 nitrogen and oxygen atoms in total. The minimum atomic E-state index is -0.109. The fraction of sp³-hybridized carbons (Fsp3) is 0.455. The minimum absolute atomic E-state index is 0.109. The van der Waals surface area contributed by atoms with Crippen molar-refractivity contribution in [2.24, 2.45) is 0 Å². The molecule has 0 saturated carbocycles. The molecule has 2 heterocycles. The van der Waals surface area contributed by atoms with Crippen LogP contribution in [0.3, 0.4) is 0 Å². The molecule has 0 unspecified atom stereocenters. The lowest BCUT2D eigenvalue weighted by molar-refractivity contribution is 0.0724. The smallest absolute Gasteiger partial charge is 0.258 e. The van der Waals surface area contributed by atoms with E-state index in [0.717, 1.165) is 25.9 Å². The Balaban J connectivity index is 2.26. The Morgan fingerprint density at radius 3 is 2.56 bits per heavy atom. The van der Waals surface area contributed by atoms with E-state index in [2.05, 4.69) is 4.98 Å². The number of carbonyl (C=O) groups is 1. The van der Waals surface area contributed by atoms with Gasteiger partial charge in [0.2, 0.25) is 0 Å². The van der Waals surface area contributed by atoms with Gasteiger partial charge in [0.1, 0.15) is 5.15 Å². The fourth-order valence-electron chi connectivity index (χ4n) is 1.86. The largest absolute Gasteiger partial charge is 0.339 e. The van der Waals surface area contributed by atoms with Gasteiger partial charge in [0, 0.05) is 19.3 Å². The molecule has 1 aliphatic rings. The molecular formula is C11H12Cl2N2O. The second kappa shape index (κ2) is 5.02. The predicted molar refractivity (Wildman–Crippen MR) is 64.0 cm³/mol. The molecular weight excluding hydrogens is 247 g/mol. The first-order valence-corrected chi connectivity index (χ1v) is 6.05. The van der Waals surface area contributed by atoms with Gasteiger partial charge in [0.15, 0.2) is 0 Å². The number of nitrogens with zero attached hydrogens (tertiary/aromatic N) is 2. The van der Waals surface area contributed by atoms with Gasteiger partial charge in [-0.2, -0.15) is 0 Å². The second-order valence-electron chi connectivity index (χ2n) is 3.81. The lowest BCUT2D eigenvalue weighted by Gasteiger charge is -2.27. The molecule has 1 saturated heterocycles. The van der Waals surface area contributed by atoms with Crippen molar-refractivity contribution < 1.29 is 4.79 Å². The van der Waals surface area contributed by atoms with Crippen LogP contribution in [0.15, 0.2) is 12.3 Å². The highest BCUT2D eigenvalue weighted by atomic mass is 35.5. The van der Waals surface area contributed by atoms with Crippen molar-refractivity contribution in [2.45, 2.75) is 19.3 Å². The van der Waals surface area contributed by atoms with E-state index in [1.165, 1.54) is 12.6 Å². The number of hydrogen-bond donors (Lipinski definition) is 0. The number of halogens is 2. The lowest BCUT2D eigenvalue weighted by atomic mass is 10.1. The molecule has 16 heavy (non-hydrogen) atoms. The Labute approximate surface area is 104 Å². The Bertz CT molecular complexity index is 383. The number of piperidine rings is 1. The van der Waals surface area contributed by atoms with E-state index in [1.54, 1.807) is 11.0 Å². The number of amides is 1. The molecule has 0 aromatic carbocycles. The van der Waals surface area contributed by atoms with Gasteiger partial charge in [0.05, 0.1) is 10.6 Å². The molecule has 5 heteroatoms. The molecule has 1 amide bonds. The summed E-state index contributed by atoms with van der Waals surface area (Å²) in [5, 5.41) is 0.554. The maximum Gasteiger partial charge on any atom is 0.258 e. The van der Waals surface area contributed by atoms with Gasteiger partial charge < -0.3 is 4.90 Å². The second-order valence-corrected chi connectivity index (χ2v) is 4.58. The van der Waals surface area contributed by atoms with Gasteiger partial charge in [-0.25, -0.2) is 4.98 Å². The fourth-order valence-corrected chi connectivity index (χ4v) is 2.37. The molecule has 1 aromatic rings. The van der Waals surface area contributed by atoms with Gasteiger partial charge in [-0.1, -0.05) is 23.2 Å². The zero-order valence-corrected chi connectivity index (χ0v) is 10.3. The van der Waals surface area contributed by atoms with Gasteiger partial charge in [-0.15, -0.1) is 0 Å². The number of aromatic nitrogens is 1. The zero-order valence-electron chi connectivity index (χ0n) is 8.75. The van der Waals surface area contributed by atoms with E-state index in [9.17, 15) is 4.79 Å². The Morgan fingerprint density at radius 1 is 1.25 bits per heavy atom. The van der Waals surface area contributed by atoms with Crippen LogP contribution < -0.4 is 0 Å². The third-order valence-electron chi connectivity index (χ3n) is 2.71. The van der Waals surface area contributed by atoms with Crippen molar-refractivity contribution in [2.75, 3.05) is 13.1 Å². The molecule has 0 atom stereocenters. The number of pyridine rings is 1. The molecule has 0 aliphatic carbocycles. The Hall–Kier alpha value is -0.800. The number of carbonyl (C=O) groups excluding carboxylic acids is 1. The maximum atomic E-state index is 12.2. The summed E-state index contributed by atoms with van der Waals surface area (Å²) in [4.78, 5) is 17.8. The number of rotatable bonds is 1. The lowest BCUT2D eigenvalue weighted by Crippen LogP contribution is -2.36. The van der Waals surface area contributed by atoms with Crippen LogP contribution in [-0.4, -0.2) is 28.9 Å². The third-order valence-corrected chi connectivity index (χ3v) is 3.31. The van der Waals surface area contributed by atoms with E-state index in [4.69, 9.17) is 23.2 Å². The van der Waals surface area contributed by atoms with Crippen LogP contribution in [0.4, 0.5) is 0 Å². The summed E-state index contributed by atoms with van der Waals surface area (Å²) < 4.78 is 0. The van der Waals surface area contributed by atoms with Crippen molar-refractivity contribution in [1.29, 1.82) is 0 Å². The van der Waals surface area contributed by atoms with Crippen molar-refractivity contribution in [3.05, 3.63) is 28.0 Å². The molecule has 1 aromatic heterocycles. The van der Waals surface area contributed by atoms with Crippen LogP contribution >= 0.6 is 23.2 Å². The van der Waals surface area contributed by atoms with Crippen LogP contribution in [0.1, 0.15) is 29.6 Å². The highest BCUT2D eigenvalue weighted by Crippen LogP contribution is 2.24. The van der Waals surface area contributed by atoms with E-state index >= 15 is 0 Å². The van der Waals surface area contributed by atoms with E-state index in [0.29, 0.717) is 10.6 Å². The van der Waals surface area contributed by atoms with Crippen LogP contribution in [0.2, 0.25) is 10.2 Å². The van der Waals surface area contributed by atoms with Crippen molar-refractivity contribution in [3.63, 3.8) is 0 Å². The minimum Gasteiger partial charge on any atom is -0.339 e. The first-order valence-electron chi connectivity index (χ1n) is 5.29.